The molecule has 5 nitrogen and oxygen atoms in total. The van der Waals surface area contributed by atoms with E-state index in [0.29, 0.717) is 19.2 Å². The molecular formula is C21H34N2O3. The fourth-order valence-electron chi connectivity index (χ4n) is 2.94. The van der Waals surface area contributed by atoms with Gasteiger partial charge in [0, 0.05) is 37.8 Å². The van der Waals surface area contributed by atoms with Gasteiger partial charge in [0.2, 0.25) is 5.91 Å². The Hall–Kier alpha value is -1.59. The van der Waals surface area contributed by atoms with Crippen LogP contribution in [0.2, 0.25) is 0 Å². The summed E-state index contributed by atoms with van der Waals surface area (Å²) in [6, 6.07) is 8.56. The van der Waals surface area contributed by atoms with Gasteiger partial charge in [0.05, 0.1) is 0 Å². The molecule has 1 aliphatic heterocycles. The fourth-order valence-corrected chi connectivity index (χ4v) is 2.94. The molecule has 0 unspecified atom stereocenters. The first-order chi connectivity index (χ1) is 12.4. The van der Waals surface area contributed by atoms with E-state index in [1.807, 2.05) is 45.0 Å². The number of carbonyl (C=O) groups excluding carboxylic acids is 1. The van der Waals surface area contributed by atoms with Crippen molar-refractivity contribution in [3.63, 3.8) is 0 Å². The summed E-state index contributed by atoms with van der Waals surface area (Å²) in [6.45, 7) is 9.78. The number of likely N-dealkylation sites (N-methyl/N-ethyl adjacent to an activating group) is 1. The quantitative estimate of drug-likeness (QED) is 0.733. The van der Waals surface area contributed by atoms with E-state index in [4.69, 9.17) is 9.47 Å². The number of ether oxygens (including phenoxy) is 2. The SMILES string of the molecule is CCC(C)(C)C(=O)NCc1cccc(OCCN(C)C2CCOCC2)c1. The minimum Gasteiger partial charge on any atom is -0.492 e. The summed E-state index contributed by atoms with van der Waals surface area (Å²) in [6.07, 6.45) is 3.02. The molecule has 26 heavy (non-hydrogen) atoms. The number of amides is 1. The number of carbonyl (C=O) groups is 1. The largest absolute Gasteiger partial charge is 0.492 e. The maximum absolute atomic E-state index is 12.2. The minimum absolute atomic E-state index is 0.0874. The molecule has 0 bridgehead atoms. The zero-order chi connectivity index (χ0) is 19.0. The molecule has 0 aromatic heterocycles. The molecule has 0 aliphatic carbocycles. The first kappa shape index (κ1) is 20.7. The molecule has 1 heterocycles. The van der Waals surface area contributed by atoms with Crippen LogP contribution in [0.1, 0.15) is 45.6 Å². The molecule has 1 fully saturated rings. The highest BCUT2D eigenvalue weighted by atomic mass is 16.5. The van der Waals surface area contributed by atoms with Crippen molar-refractivity contribution in [1.29, 1.82) is 0 Å². The predicted octanol–water partition coefficient (Wildman–Crippen LogP) is 3.23. The predicted molar refractivity (Wildman–Crippen MR) is 104 cm³/mol. The van der Waals surface area contributed by atoms with E-state index in [0.717, 1.165) is 50.3 Å². The molecule has 1 saturated heterocycles. The third-order valence-corrected chi connectivity index (χ3v) is 5.38. The van der Waals surface area contributed by atoms with Gasteiger partial charge in [0.25, 0.3) is 0 Å². The standard InChI is InChI=1S/C21H34N2O3/c1-5-21(2,3)20(24)22-16-17-7-6-8-19(15-17)26-14-11-23(4)18-9-12-25-13-10-18/h6-8,15,18H,5,9-14,16H2,1-4H3,(H,22,24). The van der Waals surface area contributed by atoms with Crippen LogP contribution in [0.15, 0.2) is 24.3 Å². The van der Waals surface area contributed by atoms with Crippen molar-refractivity contribution in [1.82, 2.24) is 10.2 Å². The number of hydrogen-bond donors (Lipinski definition) is 1. The van der Waals surface area contributed by atoms with Crippen LogP contribution < -0.4 is 10.1 Å². The summed E-state index contributed by atoms with van der Waals surface area (Å²) in [5.41, 5.74) is 0.726. The van der Waals surface area contributed by atoms with Gasteiger partial charge in [0.15, 0.2) is 0 Å². The van der Waals surface area contributed by atoms with Crippen LogP contribution in [-0.4, -0.2) is 50.3 Å². The van der Waals surface area contributed by atoms with Gasteiger partial charge in [0.1, 0.15) is 12.4 Å². The van der Waals surface area contributed by atoms with Crippen LogP contribution in [0.3, 0.4) is 0 Å². The normalized spacial score (nSPS) is 15.9. The average Bonchev–Trinajstić information content (AvgIpc) is 2.67. The number of nitrogens with zero attached hydrogens (tertiary/aromatic N) is 1. The van der Waals surface area contributed by atoms with Gasteiger partial charge in [-0.2, -0.15) is 0 Å². The third kappa shape index (κ3) is 6.29. The van der Waals surface area contributed by atoms with Crippen LogP contribution in [-0.2, 0) is 16.1 Å². The van der Waals surface area contributed by atoms with Crippen LogP contribution in [0.4, 0.5) is 0 Å². The Morgan fingerprint density at radius 3 is 2.77 bits per heavy atom. The van der Waals surface area contributed by atoms with Crippen LogP contribution >= 0.6 is 0 Å². The molecule has 1 aromatic carbocycles. The summed E-state index contributed by atoms with van der Waals surface area (Å²) in [5.74, 6) is 0.941. The Bertz CT molecular complexity index is 568. The molecule has 0 spiro atoms. The lowest BCUT2D eigenvalue weighted by Crippen LogP contribution is -2.38. The van der Waals surface area contributed by atoms with Crippen molar-refractivity contribution in [3.05, 3.63) is 29.8 Å². The van der Waals surface area contributed by atoms with Gasteiger partial charge >= 0.3 is 0 Å². The van der Waals surface area contributed by atoms with E-state index in [1.165, 1.54) is 0 Å². The first-order valence-electron chi connectivity index (χ1n) is 9.70. The molecule has 1 N–H and O–H groups in total. The van der Waals surface area contributed by atoms with E-state index in [-0.39, 0.29) is 11.3 Å². The van der Waals surface area contributed by atoms with Crippen LogP contribution in [0.25, 0.3) is 0 Å². The molecule has 146 valence electrons. The van der Waals surface area contributed by atoms with E-state index >= 15 is 0 Å². The van der Waals surface area contributed by atoms with E-state index in [1.54, 1.807) is 0 Å². The number of hydrogen-bond acceptors (Lipinski definition) is 4. The lowest BCUT2D eigenvalue weighted by Gasteiger charge is -2.31. The number of rotatable bonds is 9. The summed E-state index contributed by atoms with van der Waals surface area (Å²) in [7, 11) is 2.15. The lowest BCUT2D eigenvalue weighted by molar-refractivity contribution is -0.129. The molecule has 5 heteroatoms. The highest BCUT2D eigenvalue weighted by Gasteiger charge is 2.24. The Morgan fingerprint density at radius 2 is 2.08 bits per heavy atom. The smallest absolute Gasteiger partial charge is 0.225 e. The molecule has 1 aromatic rings. The topological polar surface area (TPSA) is 50.8 Å². The van der Waals surface area contributed by atoms with Crippen molar-refractivity contribution >= 4 is 5.91 Å². The van der Waals surface area contributed by atoms with Gasteiger partial charge in [-0.15, -0.1) is 0 Å². The van der Waals surface area contributed by atoms with E-state index in [9.17, 15) is 4.79 Å². The maximum atomic E-state index is 12.2. The molecule has 0 saturated carbocycles. The molecule has 1 aliphatic rings. The van der Waals surface area contributed by atoms with Crippen molar-refractivity contribution < 1.29 is 14.3 Å². The fraction of sp³-hybridized carbons (Fsp3) is 0.667. The summed E-state index contributed by atoms with van der Waals surface area (Å²) in [5, 5.41) is 3.02. The second kappa shape index (κ2) is 9.93. The second-order valence-corrected chi connectivity index (χ2v) is 7.74. The van der Waals surface area contributed by atoms with E-state index < -0.39 is 0 Å². The zero-order valence-electron chi connectivity index (χ0n) is 16.7. The number of nitrogens with one attached hydrogen (secondary N) is 1. The maximum Gasteiger partial charge on any atom is 0.225 e. The zero-order valence-corrected chi connectivity index (χ0v) is 16.7. The Kier molecular flexibility index (Phi) is 7.91. The first-order valence-corrected chi connectivity index (χ1v) is 9.70. The van der Waals surface area contributed by atoms with Crippen molar-refractivity contribution in [2.24, 2.45) is 5.41 Å². The molecular weight excluding hydrogens is 328 g/mol. The minimum atomic E-state index is -0.331. The Morgan fingerprint density at radius 1 is 1.35 bits per heavy atom. The molecule has 2 rings (SSSR count). The average molecular weight is 363 g/mol. The van der Waals surface area contributed by atoms with Crippen molar-refractivity contribution in [3.8, 4) is 5.75 Å². The molecule has 0 radical (unpaired) electrons. The van der Waals surface area contributed by atoms with Crippen LogP contribution in [0.5, 0.6) is 5.75 Å². The van der Waals surface area contributed by atoms with Crippen molar-refractivity contribution in [2.45, 2.75) is 52.6 Å². The summed E-state index contributed by atoms with van der Waals surface area (Å²) >= 11 is 0. The number of benzene rings is 1. The lowest BCUT2D eigenvalue weighted by atomic mass is 9.89. The summed E-state index contributed by atoms with van der Waals surface area (Å²) in [4.78, 5) is 14.6. The van der Waals surface area contributed by atoms with E-state index in [2.05, 4.69) is 17.3 Å². The molecule has 1 amide bonds. The third-order valence-electron chi connectivity index (χ3n) is 5.38. The Labute approximate surface area is 158 Å². The van der Waals surface area contributed by atoms with Gasteiger partial charge < -0.3 is 14.8 Å². The Balaban J connectivity index is 1.76. The summed E-state index contributed by atoms with van der Waals surface area (Å²) < 4.78 is 11.3. The van der Waals surface area contributed by atoms with Crippen molar-refractivity contribution in [2.75, 3.05) is 33.4 Å². The monoisotopic (exact) mass is 362 g/mol. The van der Waals surface area contributed by atoms with Crippen LogP contribution in [0, 0.1) is 5.41 Å². The van der Waals surface area contributed by atoms with Gasteiger partial charge in [-0.05, 0) is 44.0 Å². The van der Waals surface area contributed by atoms with Gasteiger partial charge in [-0.25, -0.2) is 0 Å². The second-order valence-electron chi connectivity index (χ2n) is 7.74. The molecule has 0 atom stereocenters. The highest BCUT2D eigenvalue weighted by Crippen LogP contribution is 2.20. The highest BCUT2D eigenvalue weighted by molar-refractivity contribution is 5.81. The van der Waals surface area contributed by atoms with Gasteiger partial charge in [-0.1, -0.05) is 32.9 Å². The van der Waals surface area contributed by atoms with Gasteiger partial charge in [-0.3, -0.25) is 9.69 Å².